The van der Waals surface area contributed by atoms with Crippen molar-refractivity contribution in [3.8, 4) is 6.07 Å². The van der Waals surface area contributed by atoms with Crippen molar-refractivity contribution < 1.29 is 5.11 Å². The van der Waals surface area contributed by atoms with Crippen molar-refractivity contribution >= 4 is 5.82 Å². The number of fused-ring (bicyclic) bond motifs is 1. The quantitative estimate of drug-likeness (QED) is 0.826. The molecule has 2 aliphatic rings. The second kappa shape index (κ2) is 4.78. The first-order valence-corrected chi connectivity index (χ1v) is 6.92. The molecule has 1 saturated heterocycles. The molecule has 1 aromatic heterocycles. The number of nitriles is 1. The smallest absolute Gasteiger partial charge is 0.169 e. The van der Waals surface area contributed by atoms with E-state index in [0.29, 0.717) is 17.3 Å². The highest BCUT2D eigenvalue weighted by atomic mass is 16.3. The summed E-state index contributed by atoms with van der Waals surface area (Å²) >= 11 is 0. The minimum absolute atomic E-state index is 0.295. The molecule has 5 nitrogen and oxygen atoms in total. The Labute approximate surface area is 112 Å². The molecule has 1 N–H and O–H groups in total. The second-order valence-electron chi connectivity index (χ2n) is 5.62. The van der Waals surface area contributed by atoms with Gasteiger partial charge in [-0.2, -0.15) is 10.4 Å². The Hall–Kier alpha value is -1.67. The summed E-state index contributed by atoms with van der Waals surface area (Å²) < 4.78 is 0. The van der Waals surface area contributed by atoms with Gasteiger partial charge in [0.25, 0.3) is 0 Å². The van der Waals surface area contributed by atoms with E-state index in [0.717, 1.165) is 38.8 Å². The van der Waals surface area contributed by atoms with Gasteiger partial charge < -0.3 is 10.0 Å². The molecule has 100 valence electrons. The van der Waals surface area contributed by atoms with Crippen molar-refractivity contribution in [2.24, 2.45) is 5.92 Å². The zero-order valence-corrected chi connectivity index (χ0v) is 10.9. The van der Waals surface area contributed by atoms with Crippen LogP contribution in [0.3, 0.4) is 0 Å². The Bertz CT molecular complexity index is 512. The van der Waals surface area contributed by atoms with Gasteiger partial charge in [-0.05, 0) is 25.3 Å². The average Bonchev–Trinajstić information content (AvgIpc) is 2.46. The fourth-order valence-electron chi connectivity index (χ4n) is 3.41. The van der Waals surface area contributed by atoms with Crippen LogP contribution in [-0.4, -0.2) is 34.0 Å². The lowest BCUT2D eigenvalue weighted by atomic mass is 9.71. The normalized spacial score (nSPS) is 30.5. The third kappa shape index (κ3) is 2.17. The molecule has 2 fully saturated rings. The van der Waals surface area contributed by atoms with Gasteiger partial charge in [0.2, 0.25) is 0 Å². The molecule has 0 amide bonds. The van der Waals surface area contributed by atoms with E-state index in [1.54, 1.807) is 12.3 Å². The highest BCUT2D eigenvalue weighted by Gasteiger charge is 2.43. The van der Waals surface area contributed by atoms with Crippen molar-refractivity contribution in [2.75, 3.05) is 18.0 Å². The van der Waals surface area contributed by atoms with E-state index in [9.17, 15) is 5.11 Å². The highest BCUT2D eigenvalue weighted by molar-refractivity contribution is 5.53. The van der Waals surface area contributed by atoms with Crippen LogP contribution in [0.15, 0.2) is 12.3 Å². The number of hydrogen-bond donors (Lipinski definition) is 1. The van der Waals surface area contributed by atoms with Gasteiger partial charge in [-0.3, -0.25) is 0 Å². The monoisotopic (exact) mass is 258 g/mol. The zero-order valence-electron chi connectivity index (χ0n) is 10.9. The van der Waals surface area contributed by atoms with Crippen molar-refractivity contribution in [3.63, 3.8) is 0 Å². The van der Waals surface area contributed by atoms with E-state index in [4.69, 9.17) is 5.26 Å². The Morgan fingerprint density at radius 3 is 3.16 bits per heavy atom. The molecule has 0 spiro atoms. The number of aliphatic hydroxyl groups is 1. The van der Waals surface area contributed by atoms with Crippen LogP contribution in [0.2, 0.25) is 0 Å². The molecule has 2 heterocycles. The van der Waals surface area contributed by atoms with Crippen molar-refractivity contribution in [2.45, 2.75) is 37.7 Å². The summed E-state index contributed by atoms with van der Waals surface area (Å²) in [7, 11) is 0. The summed E-state index contributed by atoms with van der Waals surface area (Å²) in [5.74, 6) is 0.959. The first-order valence-electron chi connectivity index (χ1n) is 6.92. The van der Waals surface area contributed by atoms with Gasteiger partial charge in [0.1, 0.15) is 6.07 Å². The lowest BCUT2D eigenvalue weighted by Crippen LogP contribution is -2.53. The molecule has 2 atom stereocenters. The molecule has 2 unspecified atom stereocenters. The van der Waals surface area contributed by atoms with E-state index in [2.05, 4.69) is 21.2 Å². The Balaban J connectivity index is 1.83. The predicted octanol–water partition coefficient (Wildman–Crippen LogP) is 1.48. The molecule has 3 rings (SSSR count). The van der Waals surface area contributed by atoms with E-state index in [-0.39, 0.29) is 0 Å². The first kappa shape index (κ1) is 12.4. The lowest BCUT2D eigenvalue weighted by Gasteiger charge is -2.47. The van der Waals surface area contributed by atoms with E-state index in [1.807, 2.05) is 0 Å². The molecule has 1 aliphatic heterocycles. The summed E-state index contributed by atoms with van der Waals surface area (Å²) in [6, 6.07) is 3.87. The molecule has 1 aromatic rings. The highest BCUT2D eigenvalue weighted by Crippen LogP contribution is 2.40. The van der Waals surface area contributed by atoms with Crippen LogP contribution in [0.25, 0.3) is 0 Å². The molecule has 1 saturated carbocycles. The van der Waals surface area contributed by atoms with Crippen LogP contribution in [-0.2, 0) is 0 Å². The third-order valence-electron chi connectivity index (χ3n) is 4.55. The van der Waals surface area contributed by atoms with Crippen LogP contribution in [0.5, 0.6) is 0 Å². The van der Waals surface area contributed by atoms with Gasteiger partial charge in [0.05, 0.1) is 17.4 Å². The van der Waals surface area contributed by atoms with E-state index in [1.165, 1.54) is 6.42 Å². The van der Waals surface area contributed by atoms with E-state index < -0.39 is 5.60 Å². The summed E-state index contributed by atoms with van der Waals surface area (Å²) in [6.45, 7) is 1.53. The fraction of sp³-hybridized carbons (Fsp3) is 0.643. The van der Waals surface area contributed by atoms with Gasteiger partial charge >= 0.3 is 0 Å². The maximum Gasteiger partial charge on any atom is 0.169 e. The van der Waals surface area contributed by atoms with Gasteiger partial charge in [0.15, 0.2) is 5.82 Å². The Morgan fingerprint density at radius 1 is 1.42 bits per heavy atom. The number of anilines is 1. The fourth-order valence-corrected chi connectivity index (χ4v) is 3.41. The predicted molar refractivity (Wildman–Crippen MR) is 70.5 cm³/mol. The molecular weight excluding hydrogens is 240 g/mol. The summed E-state index contributed by atoms with van der Waals surface area (Å²) in [5, 5.41) is 27.8. The van der Waals surface area contributed by atoms with E-state index >= 15 is 0 Å². The van der Waals surface area contributed by atoms with Gasteiger partial charge in [-0.25, -0.2) is 0 Å². The molecular formula is C14H18N4O. The van der Waals surface area contributed by atoms with Gasteiger partial charge in [-0.15, -0.1) is 5.10 Å². The molecule has 1 aliphatic carbocycles. The average molecular weight is 258 g/mol. The number of hydrogen-bond acceptors (Lipinski definition) is 5. The van der Waals surface area contributed by atoms with Crippen LogP contribution < -0.4 is 4.90 Å². The van der Waals surface area contributed by atoms with Crippen molar-refractivity contribution in [1.82, 2.24) is 10.2 Å². The van der Waals surface area contributed by atoms with Gasteiger partial charge in [-0.1, -0.05) is 12.8 Å². The summed E-state index contributed by atoms with van der Waals surface area (Å²) in [4.78, 5) is 2.11. The van der Waals surface area contributed by atoms with Crippen LogP contribution >= 0.6 is 0 Å². The SMILES string of the molecule is N#Cc1ccnnc1N1CCC2(O)CCCCC2C1. The second-order valence-corrected chi connectivity index (χ2v) is 5.62. The topological polar surface area (TPSA) is 73.0 Å². The maximum absolute atomic E-state index is 10.7. The largest absolute Gasteiger partial charge is 0.389 e. The van der Waals surface area contributed by atoms with Crippen LogP contribution in [0.1, 0.15) is 37.7 Å². The first-order chi connectivity index (χ1) is 9.23. The lowest BCUT2D eigenvalue weighted by molar-refractivity contribution is -0.0613. The third-order valence-corrected chi connectivity index (χ3v) is 4.55. The Kier molecular flexibility index (Phi) is 3.11. The number of nitrogens with zero attached hydrogens (tertiary/aromatic N) is 4. The molecule has 0 bridgehead atoms. The number of aromatic nitrogens is 2. The molecule has 5 heteroatoms. The minimum Gasteiger partial charge on any atom is -0.389 e. The molecule has 0 radical (unpaired) electrons. The summed E-state index contributed by atoms with van der Waals surface area (Å²) in [6.07, 6.45) is 6.60. The Morgan fingerprint density at radius 2 is 2.32 bits per heavy atom. The standard InChI is InChI=1S/C14H18N4O/c15-9-11-4-7-16-17-13(11)18-8-6-14(19)5-2-1-3-12(14)10-18/h4,7,12,19H,1-3,5-6,8,10H2. The maximum atomic E-state index is 10.7. The van der Waals surface area contributed by atoms with Crippen LogP contribution in [0.4, 0.5) is 5.82 Å². The number of rotatable bonds is 1. The van der Waals surface area contributed by atoms with Crippen molar-refractivity contribution in [1.29, 1.82) is 5.26 Å². The van der Waals surface area contributed by atoms with Crippen molar-refractivity contribution in [3.05, 3.63) is 17.8 Å². The minimum atomic E-state index is -0.496. The molecule has 19 heavy (non-hydrogen) atoms. The molecule has 0 aromatic carbocycles. The zero-order chi connectivity index (χ0) is 13.3. The van der Waals surface area contributed by atoms with Gasteiger partial charge in [0, 0.05) is 19.0 Å². The number of piperidine rings is 1. The van der Waals surface area contributed by atoms with Crippen LogP contribution in [0, 0.1) is 17.2 Å². The summed E-state index contributed by atoms with van der Waals surface area (Å²) in [5.41, 5.74) is 0.0697.